The van der Waals surface area contributed by atoms with Crippen LogP contribution >= 0.6 is 0 Å². The highest BCUT2D eigenvalue weighted by Gasteiger charge is 2.16. The third-order valence-corrected chi connectivity index (χ3v) is 2.73. The maximum Gasteiger partial charge on any atom is 0.164 e. The third kappa shape index (κ3) is 2.58. The van der Waals surface area contributed by atoms with Crippen molar-refractivity contribution >= 4 is 5.78 Å². The predicted molar refractivity (Wildman–Crippen MR) is 64.8 cm³/mol. The first-order chi connectivity index (χ1) is 8.22. The van der Waals surface area contributed by atoms with Crippen molar-refractivity contribution in [3.05, 3.63) is 23.3 Å². The van der Waals surface area contributed by atoms with Crippen LogP contribution in [0, 0.1) is 6.92 Å². The molecule has 2 rings (SSSR count). The molecule has 0 saturated carbocycles. The molecule has 1 aliphatic heterocycles. The molecule has 0 amide bonds. The average Bonchev–Trinajstić information content (AvgIpc) is 2.54. The number of carbonyl (C=O) groups is 1. The van der Waals surface area contributed by atoms with Gasteiger partial charge in [-0.05, 0) is 31.2 Å². The molecule has 1 aliphatic rings. The summed E-state index contributed by atoms with van der Waals surface area (Å²) in [4.78, 5) is 11.8. The molecule has 2 N–H and O–H groups in total. The highest BCUT2D eigenvalue weighted by atomic mass is 16.5. The molecule has 4 nitrogen and oxygen atoms in total. The molecule has 0 bridgehead atoms. The number of carbonyl (C=O) groups excluding carboxylic acids is 1. The van der Waals surface area contributed by atoms with E-state index in [4.69, 9.17) is 15.2 Å². The highest BCUT2D eigenvalue weighted by molar-refractivity contribution is 5.97. The molecule has 0 aromatic heterocycles. The number of Topliss-reactive ketones (excluding diaryl/α,β-unsaturated/α-hetero) is 1. The summed E-state index contributed by atoms with van der Waals surface area (Å²) in [7, 11) is 0. The molecule has 0 aliphatic carbocycles. The predicted octanol–water partition coefficient (Wildman–Crippen LogP) is 1.69. The van der Waals surface area contributed by atoms with Crippen LogP contribution in [0.1, 0.15) is 28.8 Å². The van der Waals surface area contributed by atoms with Crippen molar-refractivity contribution in [3.8, 4) is 11.5 Å². The van der Waals surface area contributed by atoms with Crippen LogP contribution in [0.15, 0.2) is 12.1 Å². The Morgan fingerprint density at radius 3 is 2.88 bits per heavy atom. The zero-order chi connectivity index (χ0) is 12.3. The molecule has 0 fully saturated rings. The van der Waals surface area contributed by atoms with E-state index in [1.807, 2.05) is 13.0 Å². The lowest BCUT2D eigenvalue weighted by Crippen LogP contribution is -2.09. The zero-order valence-corrected chi connectivity index (χ0v) is 9.99. The van der Waals surface area contributed by atoms with Crippen molar-refractivity contribution in [3.63, 3.8) is 0 Å². The average molecular weight is 235 g/mol. The molecule has 0 atom stereocenters. The Kier molecular flexibility index (Phi) is 3.64. The molecular weight excluding hydrogens is 218 g/mol. The van der Waals surface area contributed by atoms with E-state index < -0.39 is 0 Å². The van der Waals surface area contributed by atoms with E-state index in [2.05, 4.69) is 0 Å². The lowest BCUT2D eigenvalue weighted by molar-refractivity contribution is 0.0985. The van der Waals surface area contributed by atoms with Crippen molar-refractivity contribution < 1.29 is 14.3 Å². The molecule has 17 heavy (non-hydrogen) atoms. The van der Waals surface area contributed by atoms with Crippen molar-refractivity contribution in [2.24, 2.45) is 5.73 Å². The van der Waals surface area contributed by atoms with E-state index in [1.165, 1.54) is 0 Å². The Morgan fingerprint density at radius 1 is 1.35 bits per heavy atom. The smallest absolute Gasteiger partial charge is 0.164 e. The lowest BCUT2D eigenvalue weighted by atomic mass is 10.0. The van der Waals surface area contributed by atoms with Gasteiger partial charge in [0, 0.05) is 18.4 Å². The fourth-order valence-electron chi connectivity index (χ4n) is 1.89. The summed E-state index contributed by atoms with van der Waals surface area (Å²) in [5.41, 5.74) is 6.98. The summed E-state index contributed by atoms with van der Waals surface area (Å²) in [6, 6.07) is 3.59. The van der Waals surface area contributed by atoms with E-state index in [0.29, 0.717) is 37.5 Å². The van der Waals surface area contributed by atoms with Gasteiger partial charge in [-0.1, -0.05) is 0 Å². The highest BCUT2D eigenvalue weighted by Crippen LogP contribution is 2.34. The number of nitrogens with two attached hydrogens (primary N) is 1. The quantitative estimate of drug-likeness (QED) is 0.810. The number of ether oxygens (including phenoxy) is 2. The third-order valence-electron chi connectivity index (χ3n) is 2.73. The first-order valence-electron chi connectivity index (χ1n) is 5.86. The monoisotopic (exact) mass is 235 g/mol. The Bertz CT molecular complexity index is 429. The topological polar surface area (TPSA) is 61.6 Å². The second kappa shape index (κ2) is 5.19. The SMILES string of the molecule is Cc1cc(C(=O)CCN)cc2c1OCCCO2. The minimum Gasteiger partial charge on any atom is -0.490 e. The van der Waals surface area contributed by atoms with Crippen molar-refractivity contribution in [1.82, 2.24) is 0 Å². The van der Waals surface area contributed by atoms with E-state index in [9.17, 15) is 4.79 Å². The molecular formula is C13H17NO3. The van der Waals surface area contributed by atoms with Gasteiger partial charge in [-0.2, -0.15) is 0 Å². The Balaban J connectivity index is 2.35. The second-order valence-corrected chi connectivity index (χ2v) is 4.13. The number of ketones is 1. The normalized spacial score (nSPS) is 14.2. The van der Waals surface area contributed by atoms with E-state index in [1.54, 1.807) is 6.07 Å². The van der Waals surface area contributed by atoms with Gasteiger partial charge in [0.05, 0.1) is 13.2 Å². The second-order valence-electron chi connectivity index (χ2n) is 4.13. The first kappa shape index (κ1) is 11.9. The molecule has 0 unspecified atom stereocenters. The zero-order valence-electron chi connectivity index (χ0n) is 9.99. The summed E-state index contributed by atoms with van der Waals surface area (Å²) >= 11 is 0. The van der Waals surface area contributed by atoms with Gasteiger partial charge in [-0.3, -0.25) is 4.79 Å². The summed E-state index contributed by atoms with van der Waals surface area (Å²) in [6.07, 6.45) is 1.22. The number of fused-ring (bicyclic) bond motifs is 1. The maximum atomic E-state index is 11.8. The summed E-state index contributed by atoms with van der Waals surface area (Å²) in [5, 5.41) is 0. The van der Waals surface area contributed by atoms with Crippen LogP contribution in [-0.4, -0.2) is 25.5 Å². The van der Waals surface area contributed by atoms with Crippen LogP contribution in [0.4, 0.5) is 0 Å². The fourth-order valence-corrected chi connectivity index (χ4v) is 1.89. The van der Waals surface area contributed by atoms with Gasteiger partial charge >= 0.3 is 0 Å². The largest absolute Gasteiger partial charge is 0.490 e. The Labute approximate surface area is 101 Å². The Morgan fingerprint density at radius 2 is 2.12 bits per heavy atom. The Hall–Kier alpha value is -1.55. The molecule has 0 radical (unpaired) electrons. The van der Waals surface area contributed by atoms with Crippen LogP contribution in [0.2, 0.25) is 0 Å². The van der Waals surface area contributed by atoms with Crippen LogP contribution < -0.4 is 15.2 Å². The van der Waals surface area contributed by atoms with E-state index in [0.717, 1.165) is 17.7 Å². The molecule has 1 heterocycles. The number of aryl methyl sites for hydroxylation is 1. The van der Waals surface area contributed by atoms with Gasteiger partial charge in [0.25, 0.3) is 0 Å². The lowest BCUT2D eigenvalue weighted by Gasteiger charge is -2.12. The number of hydrogen-bond acceptors (Lipinski definition) is 4. The maximum absolute atomic E-state index is 11.8. The summed E-state index contributed by atoms with van der Waals surface area (Å²) < 4.78 is 11.2. The number of rotatable bonds is 3. The van der Waals surface area contributed by atoms with Gasteiger partial charge < -0.3 is 15.2 Å². The number of benzene rings is 1. The molecule has 0 saturated heterocycles. The molecule has 1 aromatic rings. The molecule has 0 spiro atoms. The summed E-state index contributed by atoms with van der Waals surface area (Å²) in [6.45, 7) is 3.57. The standard InChI is InChI=1S/C13H17NO3/c1-9-7-10(11(15)3-4-14)8-12-13(9)17-6-2-5-16-12/h7-8H,2-6,14H2,1H3. The van der Waals surface area contributed by atoms with Crippen molar-refractivity contribution in [2.75, 3.05) is 19.8 Å². The van der Waals surface area contributed by atoms with Crippen LogP contribution in [-0.2, 0) is 0 Å². The van der Waals surface area contributed by atoms with E-state index in [-0.39, 0.29) is 5.78 Å². The minimum atomic E-state index is 0.0475. The van der Waals surface area contributed by atoms with Gasteiger partial charge in [0.15, 0.2) is 17.3 Å². The van der Waals surface area contributed by atoms with Crippen LogP contribution in [0.3, 0.4) is 0 Å². The van der Waals surface area contributed by atoms with Crippen LogP contribution in [0.25, 0.3) is 0 Å². The van der Waals surface area contributed by atoms with Gasteiger partial charge in [0.1, 0.15) is 0 Å². The van der Waals surface area contributed by atoms with Crippen LogP contribution in [0.5, 0.6) is 11.5 Å². The van der Waals surface area contributed by atoms with E-state index >= 15 is 0 Å². The van der Waals surface area contributed by atoms with Crippen molar-refractivity contribution in [2.45, 2.75) is 19.8 Å². The fraction of sp³-hybridized carbons (Fsp3) is 0.462. The van der Waals surface area contributed by atoms with Gasteiger partial charge in [0.2, 0.25) is 0 Å². The van der Waals surface area contributed by atoms with Crippen molar-refractivity contribution in [1.29, 1.82) is 0 Å². The van der Waals surface area contributed by atoms with Gasteiger partial charge in [-0.15, -0.1) is 0 Å². The molecule has 92 valence electrons. The summed E-state index contributed by atoms with van der Waals surface area (Å²) in [5.74, 6) is 1.47. The minimum absolute atomic E-state index is 0.0475. The number of hydrogen-bond donors (Lipinski definition) is 1. The molecule has 1 aromatic carbocycles. The van der Waals surface area contributed by atoms with Gasteiger partial charge in [-0.25, -0.2) is 0 Å². The molecule has 4 heteroatoms. The first-order valence-corrected chi connectivity index (χ1v) is 5.86.